The van der Waals surface area contributed by atoms with Gasteiger partial charge in [0.05, 0.1) is 5.41 Å². The molecule has 3 fully saturated rings. The van der Waals surface area contributed by atoms with Crippen LogP contribution in [0, 0.1) is 11.7 Å². The number of likely N-dealkylation sites (tertiary alicyclic amines) is 2. The van der Waals surface area contributed by atoms with E-state index in [4.69, 9.17) is 0 Å². The fourth-order valence-electron chi connectivity index (χ4n) is 4.51. The highest BCUT2D eigenvalue weighted by Crippen LogP contribution is 2.50. The van der Waals surface area contributed by atoms with E-state index in [1.807, 2.05) is 11.0 Å². The Balaban J connectivity index is 1.39. The van der Waals surface area contributed by atoms with E-state index in [0.717, 1.165) is 44.5 Å². The quantitative estimate of drug-likeness (QED) is 0.846. The van der Waals surface area contributed by atoms with Crippen LogP contribution in [-0.2, 0) is 10.2 Å². The Morgan fingerprint density at radius 2 is 1.96 bits per heavy atom. The summed E-state index contributed by atoms with van der Waals surface area (Å²) in [6.45, 7) is 5.33. The lowest BCUT2D eigenvalue weighted by molar-refractivity contribution is -0.133. The SMILES string of the molecule is O=C(N1CC[C@@H](CN2CCCCC2)C1)C1(c2cccc(F)c2)CC1. The van der Waals surface area contributed by atoms with Gasteiger partial charge in [-0.05, 0) is 68.8 Å². The molecule has 2 aliphatic heterocycles. The summed E-state index contributed by atoms with van der Waals surface area (Å²) in [5.41, 5.74) is 0.439. The maximum absolute atomic E-state index is 13.6. The van der Waals surface area contributed by atoms with Crippen LogP contribution in [0.2, 0.25) is 0 Å². The molecule has 2 saturated heterocycles. The first-order valence-corrected chi connectivity index (χ1v) is 9.45. The lowest BCUT2D eigenvalue weighted by Crippen LogP contribution is -2.39. The molecular weight excluding hydrogens is 303 g/mol. The molecular formula is C20H27FN2O. The van der Waals surface area contributed by atoms with Gasteiger partial charge in [0, 0.05) is 19.6 Å². The van der Waals surface area contributed by atoms with Crippen LogP contribution in [0.3, 0.4) is 0 Å². The average Bonchev–Trinajstić information content (AvgIpc) is 3.29. The standard InChI is InChI=1S/C20H27FN2O/c21-18-6-4-5-17(13-18)20(8-9-20)19(24)23-12-7-16(15-23)14-22-10-2-1-3-11-22/h4-6,13,16H,1-3,7-12,14-15H2/t16-/m0/s1. The second-order valence-corrected chi connectivity index (χ2v) is 7.86. The molecule has 4 heteroatoms. The molecule has 1 aromatic rings. The first-order valence-electron chi connectivity index (χ1n) is 9.45. The molecule has 4 rings (SSSR count). The minimum atomic E-state index is -0.428. The van der Waals surface area contributed by atoms with Crippen molar-refractivity contribution in [1.82, 2.24) is 9.80 Å². The largest absolute Gasteiger partial charge is 0.342 e. The van der Waals surface area contributed by atoms with E-state index >= 15 is 0 Å². The number of benzene rings is 1. The molecule has 0 spiro atoms. The zero-order chi connectivity index (χ0) is 16.6. The van der Waals surface area contributed by atoms with Crippen LogP contribution in [0.15, 0.2) is 24.3 Å². The third kappa shape index (κ3) is 3.08. The third-order valence-electron chi connectivity index (χ3n) is 6.07. The van der Waals surface area contributed by atoms with E-state index in [0.29, 0.717) is 5.92 Å². The molecule has 0 N–H and O–H groups in total. The summed E-state index contributed by atoms with van der Waals surface area (Å²) in [6.07, 6.45) is 6.84. The predicted octanol–water partition coefficient (Wildman–Crippen LogP) is 3.19. The van der Waals surface area contributed by atoms with Crippen molar-refractivity contribution in [3.05, 3.63) is 35.6 Å². The number of hydrogen-bond acceptors (Lipinski definition) is 2. The molecule has 2 heterocycles. The number of rotatable bonds is 4. The van der Waals surface area contributed by atoms with Crippen molar-refractivity contribution >= 4 is 5.91 Å². The number of hydrogen-bond donors (Lipinski definition) is 0. The van der Waals surface area contributed by atoms with Crippen LogP contribution in [-0.4, -0.2) is 48.4 Å². The van der Waals surface area contributed by atoms with Crippen LogP contribution >= 0.6 is 0 Å². The van der Waals surface area contributed by atoms with E-state index in [2.05, 4.69) is 4.90 Å². The van der Waals surface area contributed by atoms with Crippen molar-refractivity contribution in [2.75, 3.05) is 32.7 Å². The Bertz CT molecular complexity index is 607. The highest BCUT2D eigenvalue weighted by Gasteiger charge is 2.53. The molecule has 3 aliphatic rings. The van der Waals surface area contributed by atoms with Crippen molar-refractivity contribution < 1.29 is 9.18 Å². The lowest BCUT2D eigenvalue weighted by Gasteiger charge is -2.29. The van der Waals surface area contributed by atoms with Gasteiger partial charge in [-0.1, -0.05) is 18.6 Å². The summed E-state index contributed by atoms with van der Waals surface area (Å²) in [4.78, 5) is 17.7. The van der Waals surface area contributed by atoms with E-state index in [1.165, 1.54) is 38.4 Å². The van der Waals surface area contributed by atoms with Crippen LogP contribution < -0.4 is 0 Å². The smallest absolute Gasteiger partial charge is 0.233 e. The van der Waals surface area contributed by atoms with Crippen molar-refractivity contribution in [2.45, 2.75) is 43.9 Å². The summed E-state index contributed by atoms with van der Waals surface area (Å²) in [5, 5.41) is 0. The van der Waals surface area contributed by atoms with Gasteiger partial charge in [-0.15, -0.1) is 0 Å². The zero-order valence-electron chi connectivity index (χ0n) is 14.3. The summed E-state index contributed by atoms with van der Waals surface area (Å²) >= 11 is 0. The summed E-state index contributed by atoms with van der Waals surface area (Å²) in [7, 11) is 0. The van der Waals surface area contributed by atoms with Gasteiger partial charge in [-0.25, -0.2) is 4.39 Å². The van der Waals surface area contributed by atoms with Crippen molar-refractivity contribution in [1.29, 1.82) is 0 Å². The van der Waals surface area contributed by atoms with Crippen LogP contribution in [0.25, 0.3) is 0 Å². The minimum Gasteiger partial charge on any atom is -0.342 e. The molecule has 1 amide bonds. The molecule has 3 nitrogen and oxygen atoms in total. The number of nitrogens with zero attached hydrogens (tertiary/aromatic N) is 2. The molecule has 130 valence electrons. The normalized spacial score (nSPS) is 26.5. The van der Waals surface area contributed by atoms with Gasteiger partial charge in [0.1, 0.15) is 5.82 Å². The molecule has 24 heavy (non-hydrogen) atoms. The van der Waals surface area contributed by atoms with Gasteiger partial charge < -0.3 is 9.80 Å². The molecule has 0 radical (unpaired) electrons. The van der Waals surface area contributed by atoms with Crippen LogP contribution in [0.1, 0.15) is 44.1 Å². The average molecular weight is 330 g/mol. The van der Waals surface area contributed by atoms with Crippen LogP contribution in [0.5, 0.6) is 0 Å². The van der Waals surface area contributed by atoms with Gasteiger partial charge in [0.25, 0.3) is 0 Å². The third-order valence-corrected chi connectivity index (χ3v) is 6.07. The number of carbonyl (C=O) groups is 1. The first kappa shape index (κ1) is 16.1. The summed E-state index contributed by atoms with van der Waals surface area (Å²) < 4.78 is 13.6. The van der Waals surface area contributed by atoms with Crippen molar-refractivity contribution in [3.8, 4) is 0 Å². The zero-order valence-corrected chi connectivity index (χ0v) is 14.3. The number of amides is 1. The highest BCUT2D eigenvalue weighted by molar-refractivity contribution is 5.91. The predicted molar refractivity (Wildman–Crippen MR) is 92.3 cm³/mol. The molecule has 1 aliphatic carbocycles. The fraction of sp³-hybridized carbons (Fsp3) is 0.650. The lowest BCUT2D eigenvalue weighted by atomic mass is 9.94. The Kier molecular flexibility index (Phi) is 4.33. The number of piperidine rings is 1. The van der Waals surface area contributed by atoms with Gasteiger partial charge in [0.2, 0.25) is 5.91 Å². The molecule has 0 unspecified atom stereocenters. The molecule has 0 aromatic heterocycles. The second kappa shape index (κ2) is 6.47. The van der Waals surface area contributed by atoms with Gasteiger partial charge in [-0.3, -0.25) is 4.79 Å². The Labute approximate surface area is 143 Å². The maximum atomic E-state index is 13.6. The molecule has 1 saturated carbocycles. The first-order chi connectivity index (χ1) is 11.7. The molecule has 1 atom stereocenters. The second-order valence-electron chi connectivity index (χ2n) is 7.86. The minimum absolute atomic E-state index is 0.231. The number of halogens is 1. The molecule has 1 aromatic carbocycles. The highest BCUT2D eigenvalue weighted by atomic mass is 19.1. The Hall–Kier alpha value is -1.42. The van der Waals surface area contributed by atoms with Gasteiger partial charge >= 0.3 is 0 Å². The van der Waals surface area contributed by atoms with Crippen molar-refractivity contribution in [3.63, 3.8) is 0 Å². The maximum Gasteiger partial charge on any atom is 0.233 e. The summed E-state index contributed by atoms with van der Waals surface area (Å²) in [6, 6.07) is 6.64. The monoisotopic (exact) mass is 330 g/mol. The number of carbonyl (C=O) groups excluding carboxylic acids is 1. The van der Waals surface area contributed by atoms with E-state index in [1.54, 1.807) is 12.1 Å². The fourth-order valence-corrected chi connectivity index (χ4v) is 4.51. The van der Waals surface area contributed by atoms with E-state index in [-0.39, 0.29) is 11.7 Å². The van der Waals surface area contributed by atoms with E-state index < -0.39 is 5.41 Å². The van der Waals surface area contributed by atoms with Crippen molar-refractivity contribution in [2.24, 2.45) is 5.92 Å². The van der Waals surface area contributed by atoms with Crippen LogP contribution in [0.4, 0.5) is 4.39 Å². The van der Waals surface area contributed by atoms with Gasteiger partial charge in [0.15, 0.2) is 0 Å². The molecule has 0 bridgehead atoms. The Morgan fingerprint density at radius 3 is 2.67 bits per heavy atom. The van der Waals surface area contributed by atoms with E-state index in [9.17, 15) is 9.18 Å². The van der Waals surface area contributed by atoms with Gasteiger partial charge in [-0.2, -0.15) is 0 Å². The Morgan fingerprint density at radius 1 is 1.17 bits per heavy atom. The topological polar surface area (TPSA) is 23.6 Å². The summed E-state index contributed by atoms with van der Waals surface area (Å²) in [5.74, 6) is 0.598.